The third kappa shape index (κ3) is 2.60. The SMILES string of the molecule is CC(CN)S(=O)(=O)Nc1nccnn1. The molecule has 0 saturated heterocycles. The van der Waals surface area contributed by atoms with Gasteiger partial charge in [-0.15, -0.1) is 5.10 Å². The zero-order valence-electron chi connectivity index (χ0n) is 7.58. The molecule has 0 fully saturated rings. The fourth-order valence-electron chi connectivity index (χ4n) is 0.649. The summed E-state index contributed by atoms with van der Waals surface area (Å²) in [7, 11) is -3.50. The second kappa shape index (κ2) is 4.29. The number of rotatable bonds is 4. The van der Waals surface area contributed by atoms with E-state index in [4.69, 9.17) is 5.73 Å². The molecule has 0 aromatic carbocycles. The lowest BCUT2D eigenvalue weighted by Gasteiger charge is -2.10. The van der Waals surface area contributed by atoms with Gasteiger partial charge < -0.3 is 5.73 Å². The summed E-state index contributed by atoms with van der Waals surface area (Å²) in [5.74, 6) is -0.0483. The van der Waals surface area contributed by atoms with Gasteiger partial charge in [0.05, 0.1) is 17.6 Å². The van der Waals surface area contributed by atoms with Gasteiger partial charge in [-0.2, -0.15) is 5.10 Å². The zero-order chi connectivity index (χ0) is 10.6. The third-order valence-electron chi connectivity index (χ3n) is 1.58. The second-order valence-electron chi connectivity index (χ2n) is 2.66. The maximum absolute atomic E-state index is 11.4. The third-order valence-corrected chi connectivity index (χ3v) is 3.30. The van der Waals surface area contributed by atoms with Gasteiger partial charge >= 0.3 is 0 Å². The van der Waals surface area contributed by atoms with Gasteiger partial charge in [-0.1, -0.05) is 0 Å². The fourth-order valence-corrected chi connectivity index (χ4v) is 1.45. The average Bonchev–Trinajstić information content (AvgIpc) is 2.17. The summed E-state index contributed by atoms with van der Waals surface area (Å²) < 4.78 is 25.0. The highest BCUT2D eigenvalue weighted by molar-refractivity contribution is 7.93. The molecule has 8 heteroatoms. The molecule has 0 bridgehead atoms. The van der Waals surface area contributed by atoms with Crippen LogP contribution < -0.4 is 10.5 Å². The standard InChI is InChI=1S/C6H11N5O2S/c1-5(4-7)14(12,13)11-6-8-2-3-9-10-6/h2-3,5H,4,7H2,1H3,(H,8,10,11). The van der Waals surface area contributed by atoms with Gasteiger partial charge in [-0.3, -0.25) is 0 Å². The first-order valence-corrected chi connectivity index (χ1v) is 5.46. The molecule has 0 saturated carbocycles. The molecule has 0 aliphatic rings. The highest BCUT2D eigenvalue weighted by Crippen LogP contribution is 2.03. The van der Waals surface area contributed by atoms with E-state index in [9.17, 15) is 8.42 Å². The Labute approximate surface area is 81.8 Å². The Hall–Kier alpha value is -1.28. The minimum Gasteiger partial charge on any atom is -0.329 e. The second-order valence-corrected chi connectivity index (χ2v) is 4.76. The van der Waals surface area contributed by atoms with Crippen molar-refractivity contribution in [1.82, 2.24) is 15.2 Å². The van der Waals surface area contributed by atoms with Crippen LogP contribution in [0.4, 0.5) is 5.95 Å². The molecule has 1 aromatic rings. The molecule has 1 heterocycles. The molecule has 14 heavy (non-hydrogen) atoms. The fraction of sp³-hybridized carbons (Fsp3) is 0.500. The molecule has 0 spiro atoms. The maximum Gasteiger partial charge on any atom is 0.256 e. The van der Waals surface area contributed by atoms with Gasteiger partial charge in [0.25, 0.3) is 5.95 Å². The first-order chi connectivity index (χ1) is 6.56. The number of nitrogens with zero attached hydrogens (tertiary/aromatic N) is 3. The van der Waals surface area contributed by atoms with Gasteiger partial charge in [0.2, 0.25) is 10.0 Å². The minimum atomic E-state index is -3.50. The van der Waals surface area contributed by atoms with Crippen molar-refractivity contribution in [2.24, 2.45) is 5.73 Å². The van der Waals surface area contributed by atoms with Crippen LogP contribution in [0.3, 0.4) is 0 Å². The Bertz CT molecular complexity index is 378. The van der Waals surface area contributed by atoms with Crippen LogP contribution in [0.25, 0.3) is 0 Å². The quantitative estimate of drug-likeness (QED) is 0.666. The Morgan fingerprint density at radius 1 is 1.57 bits per heavy atom. The molecule has 7 nitrogen and oxygen atoms in total. The monoisotopic (exact) mass is 217 g/mol. The molecular formula is C6H11N5O2S. The molecule has 0 amide bonds. The molecule has 1 aromatic heterocycles. The normalized spacial score (nSPS) is 13.6. The van der Waals surface area contributed by atoms with Crippen LogP contribution in [0, 0.1) is 0 Å². The molecule has 0 radical (unpaired) electrons. The predicted octanol–water partition coefficient (Wildman–Crippen LogP) is -1.04. The predicted molar refractivity (Wildman–Crippen MR) is 50.9 cm³/mol. The van der Waals surface area contributed by atoms with Crippen molar-refractivity contribution in [2.75, 3.05) is 11.3 Å². The average molecular weight is 217 g/mol. The highest BCUT2D eigenvalue weighted by Gasteiger charge is 2.19. The zero-order valence-corrected chi connectivity index (χ0v) is 8.40. The van der Waals surface area contributed by atoms with Crippen LogP contribution >= 0.6 is 0 Å². The lowest BCUT2D eigenvalue weighted by molar-refractivity contribution is 0.589. The highest BCUT2D eigenvalue weighted by atomic mass is 32.2. The number of hydrogen-bond donors (Lipinski definition) is 2. The number of hydrogen-bond acceptors (Lipinski definition) is 6. The van der Waals surface area contributed by atoms with E-state index in [1.165, 1.54) is 19.3 Å². The number of nitrogens with one attached hydrogen (secondary N) is 1. The van der Waals surface area contributed by atoms with Crippen molar-refractivity contribution in [1.29, 1.82) is 0 Å². The van der Waals surface area contributed by atoms with Crippen molar-refractivity contribution in [2.45, 2.75) is 12.2 Å². The number of aromatic nitrogens is 3. The Kier molecular flexibility index (Phi) is 3.31. The van der Waals surface area contributed by atoms with Gasteiger partial charge in [0.1, 0.15) is 0 Å². The molecule has 78 valence electrons. The van der Waals surface area contributed by atoms with E-state index in [0.29, 0.717) is 0 Å². The molecule has 0 aliphatic carbocycles. The van der Waals surface area contributed by atoms with E-state index in [2.05, 4.69) is 19.9 Å². The van der Waals surface area contributed by atoms with Crippen LogP contribution in [-0.4, -0.2) is 35.4 Å². The Balaban J connectivity index is 2.79. The summed E-state index contributed by atoms with van der Waals surface area (Å²) in [5.41, 5.74) is 5.24. The number of anilines is 1. The molecule has 1 unspecified atom stereocenters. The summed E-state index contributed by atoms with van der Waals surface area (Å²) in [4.78, 5) is 3.68. The molecule has 0 aliphatic heterocycles. The van der Waals surface area contributed by atoms with Crippen LogP contribution in [-0.2, 0) is 10.0 Å². The van der Waals surface area contributed by atoms with Gasteiger partial charge in [0.15, 0.2) is 0 Å². The van der Waals surface area contributed by atoms with Crippen molar-refractivity contribution < 1.29 is 8.42 Å². The molecule has 3 N–H and O–H groups in total. The summed E-state index contributed by atoms with van der Waals surface area (Å²) in [6.45, 7) is 1.54. The lowest BCUT2D eigenvalue weighted by atomic mass is 10.5. The molecule has 1 rings (SSSR count). The smallest absolute Gasteiger partial charge is 0.256 e. The van der Waals surface area contributed by atoms with E-state index >= 15 is 0 Å². The summed E-state index contributed by atoms with van der Waals surface area (Å²) in [6, 6.07) is 0. The molecular weight excluding hydrogens is 206 g/mol. The van der Waals surface area contributed by atoms with E-state index in [1.54, 1.807) is 0 Å². The van der Waals surface area contributed by atoms with Gasteiger partial charge in [-0.05, 0) is 6.92 Å². The van der Waals surface area contributed by atoms with Crippen LogP contribution in [0.1, 0.15) is 6.92 Å². The Morgan fingerprint density at radius 2 is 2.29 bits per heavy atom. The number of nitrogens with two attached hydrogens (primary N) is 1. The van der Waals surface area contributed by atoms with Crippen LogP contribution in [0.15, 0.2) is 12.4 Å². The first kappa shape index (κ1) is 10.8. The Morgan fingerprint density at radius 3 is 2.79 bits per heavy atom. The van der Waals surface area contributed by atoms with Crippen molar-refractivity contribution in [3.05, 3.63) is 12.4 Å². The lowest BCUT2D eigenvalue weighted by Crippen LogP contribution is -2.32. The van der Waals surface area contributed by atoms with Gasteiger partial charge in [0, 0.05) is 6.54 Å². The first-order valence-electron chi connectivity index (χ1n) is 3.91. The molecule has 1 atom stereocenters. The number of sulfonamides is 1. The van der Waals surface area contributed by atoms with Crippen LogP contribution in [0.2, 0.25) is 0 Å². The summed E-state index contributed by atoms with van der Waals surface area (Å²) >= 11 is 0. The van der Waals surface area contributed by atoms with E-state index in [1.807, 2.05) is 0 Å². The van der Waals surface area contributed by atoms with Crippen LogP contribution in [0.5, 0.6) is 0 Å². The summed E-state index contributed by atoms with van der Waals surface area (Å²) in [6.07, 6.45) is 2.70. The largest absolute Gasteiger partial charge is 0.329 e. The van der Waals surface area contributed by atoms with E-state index < -0.39 is 15.3 Å². The van der Waals surface area contributed by atoms with Crippen molar-refractivity contribution in [3.8, 4) is 0 Å². The topological polar surface area (TPSA) is 111 Å². The van der Waals surface area contributed by atoms with Crippen molar-refractivity contribution in [3.63, 3.8) is 0 Å². The minimum absolute atomic E-state index is 0.0373. The summed E-state index contributed by atoms with van der Waals surface area (Å²) in [5, 5.41) is 6.28. The van der Waals surface area contributed by atoms with E-state index in [-0.39, 0.29) is 12.5 Å². The van der Waals surface area contributed by atoms with E-state index in [0.717, 1.165) is 0 Å². The van der Waals surface area contributed by atoms with Crippen molar-refractivity contribution >= 4 is 16.0 Å². The maximum atomic E-state index is 11.4. The van der Waals surface area contributed by atoms with Gasteiger partial charge in [-0.25, -0.2) is 18.1 Å².